The lowest BCUT2D eigenvalue weighted by Gasteiger charge is -2.31. The maximum atomic E-state index is 13.0. The van der Waals surface area contributed by atoms with Crippen LogP contribution in [0.1, 0.15) is 18.9 Å². The second-order valence-corrected chi connectivity index (χ2v) is 8.71. The predicted molar refractivity (Wildman–Crippen MR) is 98.2 cm³/mol. The van der Waals surface area contributed by atoms with E-state index >= 15 is 0 Å². The highest BCUT2D eigenvalue weighted by Crippen LogP contribution is 2.31. The molecule has 0 N–H and O–H groups in total. The lowest BCUT2D eigenvalue weighted by atomic mass is 9.92. The Morgan fingerprint density at radius 1 is 1.22 bits per heavy atom. The first-order chi connectivity index (χ1) is 12.8. The zero-order valence-corrected chi connectivity index (χ0v) is 15.7. The van der Waals surface area contributed by atoms with E-state index in [0.29, 0.717) is 16.9 Å². The minimum Gasteiger partial charge on any atom is -0.497 e. The summed E-state index contributed by atoms with van der Waals surface area (Å²) in [6.45, 7) is 1.55. The number of sulfone groups is 1. The number of amides is 2. The molecule has 8 heteroatoms. The number of imide groups is 1. The molecule has 0 unspecified atom stereocenters. The third-order valence-corrected chi connectivity index (χ3v) is 6.52. The van der Waals surface area contributed by atoms with Crippen molar-refractivity contribution < 1.29 is 22.7 Å². The van der Waals surface area contributed by atoms with Crippen LogP contribution in [0.25, 0.3) is 6.08 Å². The van der Waals surface area contributed by atoms with Crippen molar-refractivity contribution in [3.8, 4) is 11.8 Å². The van der Waals surface area contributed by atoms with Gasteiger partial charge in [0.05, 0.1) is 24.7 Å². The molecular weight excluding hydrogens is 368 g/mol. The minimum absolute atomic E-state index is 0.0726. The van der Waals surface area contributed by atoms with Crippen molar-refractivity contribution in [2.24, 2.45) is 0 Å². The Morgan fingerprint density at radius 2 is 1.89 bits per heavy atom. The Bertz CT molecular complexity index is 1010. The number of methoxy groups -OCH3 is 1. The van der Waals surface area contributed by atoms with Crippen molar-refractivity contribution in [1.29, 1.82) is 5.26 Å². The summed E-state index contributed by atoms with van der Waals surface area (Å²) in [6, 6.07) is 8.08. The molecular formula is C19H18N2O5S. The highest BCUT2D eigenvalue weighted by Gasteiger charge is 2.43. The van der Waals surface area contributed by atoms with Crippen molar-refractivity contribution >= 4 is 27.7 Å². The fourth-order valence-electron chi connectivity index (χ4n) is 3.28. The number of nitriles is 1. The summed E-state index contributed by atoms with van der Waals surface area (Å²) in [6.07, 6.45) is 1.78. The fraction of sp³-hybridized carbons (Fsp3) is 0.316. The van der Waals surface area contributed by atoms with Gasteiger partial charge < -0.3 is 4.74 Å². The molecule has 1 saturated heterocycles. The monoisotopic (exact) mass is 386 g/mol. The average Bonchev–Trinajstić information content (AvgIpc) is 2.99. The molecule has 1 aromatic carbocycles. The fourth-order valence-corrected chi connectivity index (χ4v) is 4.98. The number of carbonyl (C=O) groups excluding carboxylic acids is 2. The van der Waals surface area contributed by atoms with E-state index in [4.69, 9.17) is 4.74 Å². The molecule has 1 atom stereocenters. The van der Waals surface area contributed by atoms with Crippen LogP contribution < -0.4 is 4.74 Å². The Hall–Kier alpha value is -2.92. The molecule has 2 heterocycles. The van der Waals surface area contributed by atoms with Crippen LogP contribution in [0.3, 0.4) is 0 Å². The van der Waals surface area contributed by atoms with Gasteiger partial charge in [-0.05, 0) is 42.7 Å². The molecule has 2 aliphatic rings. The summed E-state index contributed by atoms with van der Waals surface area (Å²) in [4.78, 5) is 26.6. The maximum absolute atomic E-state index is 13.0. The second-order valence-electron chi connectivity index (χ2n) is 6.48. The van der Waals surface area contributed by atoms with Crippen molar-refractivity contribution in [3.05, 3.63) is 46.5 Å². The van der Waals surface area contributed by atoms with Gasteiger partial charge in [-0.25, -0.2) is 8.42 Å². The molecule has 0 radical (unpaired) electrons. The molecule has 2 aliphatic heterocycles. The molecule has 3 rings (SSSR count). The smallest absolute Gasteiger partial charge is 0.271 e. The van der Waals surface area contributed by atoms with E-state index in [9.17, 15) is 23.3 Å². The van der Waals surface area contributed by atoms with Crippen LogP contribution in [-0.2, 0) is 19.4 Å². The molecule has 27 heavy (non-hydrogen) atoms. The number of carbonyl (C=O) groups is 2. The summed E-state index contributed by atoms with van der Waals surface area (Å²) < 4.78 is 28.7. The van der Waals surface area contributed by atoms with Gasteiger partial charge in [0.2, 0.25) is 0 Å². The highest BCUT2D eigenvalue weighted by atomic mass is 32.2. The molecule has 1 fully saturated rings. The standard InChI is InChI=1S/C19H18N2O5S/c1-12-16(9-13-3-5-15(26-2)6-4-13)18(22)21(19(23)17(12)10-20)14-7-8-27(24,25)11-14/h3-6,9,14H,7-8,11H2,1-2H3/b16-9-/t14-/m1/s1. The zero-order chi connectivity index (χ0) is 19.8. The van der Waals surface area contributed by atoms with E-state index in [1.165, 1.54) is 0 Å². The summed E-state index contributed by atoms with van der Waals surface area (Å²) in [5, 5.41) is 9.40. The summed E-state index contributed by atoms with van der Waals surface area (Å²) in [5.74, 6) is -0.983. The molecule has 0 aromatic heterocycles. The summed E-state index contributed by atoms with van der Waals surface area (Å²) in [5.41, 5.74) is 1.06. The van der Waals surface area contributed by atoms with Crippen molar-refractivity contribution in [2.45, 2.75) is 19.4 Å². The average molecular weight is 386 g/mol. The van der Waals surface area contributed by atoms with Crippen molar-refractivity contribution in [1.82, 2.24) is 4.90 Å². The van der Waals surface area contributed by atoms with E-state index in [-0.39, 0.29) is 29.1 Å². The van der Waals surface area contributed by atoms with Crippen LogP contribution in [-0.4, -0.2) is 49.8 Å². The van der Waals surface area contributed by atoms with Crippen molar-refractivity contribution in [2.75, 3.05) is 18.6 Å². The van der Waals surface area contributed by atoms with Gasteiger partial charge >= 0.3 is 0 Å². The first-order valence-corrected chi connectivity index (χ1v) is 10.1. The first kappa shape index (κ1) is 18.9. The number of ether oxygens (including phenoxy) is 1. The predicted octanol–water partition coefficient (Wildman–Crippen LogP) is 1.47. The molecule has 2 amide bonds. The molecule has 7 nitrogen and oxygen atoms in total. The first-order valence-electron chi connectivity index (χ1n) is 8.33. The molecule has 0 saturated carbocycles. The van der Waals surface area contributed by atoms with E-state index in [1.54, 1.807) is 44.4 Å². The van der Waals surface area contributed by atoms with Gasteiger partial charge in [0.1, 0.15) is 17.4 Å². The molecule has 0 bridgehead atoms. The second kappa shape index (κ2) is 7.00. The minimum atomic E-state index is -3.29. The van der Waals surface area contributed by atoms with Gasteiger partial charge in [0.25, 0.3) is 11.8 Å². The summed E-state index contributed by atoms with van der Waals surface area (Å²) in [7, 11) is -1.75. The normalized spacial score (nSPS) is 23.7. The van der Waals surface area contributed by atoms with E-state index in [1.807, 2.05) is 6.07 Å². The van der Waals surface area contributed by atoms with Gasteiger partial charge in [-0.2, -0.15) is 5.26 Å². The Balaban J connectivity index is 2.05. The van der Waals surface area contributed by atoms with E-state index in [0.717, 1.165) is 4.90 Å². The number of nitrogens with zero attached hydrogens (tertiary/aromatic N) is 2. The van der Waals surface area contributed by atoms with Gasteiger partial charge in [-0.3, -0.25) is 14.5 Å². The Kier molecular flexibility index (Phi) is 4.89. The third kappa shape index (κ3) is 3.51. The maximum Gasteiger partial charge on any atom is 0.271 e. The number of hydrogen-bond acceptors (Lipinski definition) is 6. The van der Waals surface area contributed by atoms with Crippen LogP contribution in [0, 0.1) is 11.3 Å². The number of benzene rings is 1. The van der Waals surface area contributed by atoms with Gasteiger partial charge in [0, 0.05) is 5.57 Å². The van der Waals surface area contributed by atoms with E-state index < -0.39 is 27.7 Å². The quantitative estimate of drug-likeness (QED) is 0.576. The third-order valence-electron chi connectivity index (χ3n) is 4.77. The molecule has 0 aliphatic carbocycles. The molecule has 140 valence electrons. The van der Waals surface area contributed by atoms with Crippen LogP contribution in [0.15, 0.2) is 41.0 Å². The van der Waals surface area contributed by atoms with Crippen molar-refractivity contribution in [3.63, 3.8) is 0 Å². The van der Waals surface area contributed by atoms with Gasteiger partial charge in [0.15, 0.2) is 9.84 Å². The number of rotatable bonds is 3. The molecule has 0 spiro atoms. The number of hydrogen-bond donors (Lipinski definition) is 0. The largest absolute Gasteiger partial charge is 0.497 e. The summed E-state index contributed by atoms with van der Waals surface area (Å²) >= 11 is 0. The lowest BCUT2D eigenvalue weighted by Crippen LogP contribution is -2.49. The van der Waals surface area contributed by atoms with Crippen LogP contribution >= 0.6 is 0 Å². The topological polar surface area (TPSA) is 105 Å². The SMILES string of the molecule is COc1ccc(/C=C2\C(=O)N([C@@H]3CCS(=O)(=O)C3)C(=O)C(C#N)=C2C)cc1. The molecule has 1 aromatic rings. The van der Waals surface area contributed by atoms with Gasteiger partial charge in [-0.1, -0.05) is 12.1 Å². The van der Waals surface area contributed by atoms with Crippen LogP contribution in [0.4, 0.5) is 0 Å². The Morgan fingerprint density at radius 3 is 2.41 bits per heavy atom. The van der Waals surface area contributed by atoms with E-state index in [2.05, 4.69) is 0 Å². The highest BCUT2D eigenvalue weighted by molar-refractivity contribution is 7.91. The lowest BCUT2D eigenvalue weighted by molar-refractivity contribution is -0.142. The Labute approximate surface area is 157 Å². The van der Waals surface area contributed by atoms with Crippen LogP contribution in [0.5, 0.6) is 5.75 Å². The zero-order valence-electron chi connectivity index (χ0n) is 14.9. The van der Waals surface area contributed by atoms with Gasteiger partial charge in [-0.15, -0.1) is 0 Å². The van der Waals surface area contributed by atoms with Crippen LogP contribution in [0.2, 0.25) is 0 Å².